The Labute approximate surface area is 175 Å². The van der Waals surface area contributed by atoms with Crippen molar-refractivity contribution >= 4 is 5.71 Å². The molecule has 2 aromatic carbocycles. The molecule has 0 aliphatic heterocycles. The number of nitrogens with zero attached hydrogens (tertiary/aromatic N) is 1. The van der Waals surface area contributed by atoms with E-state index < -0.39 is 0 Å². The van der Waals surface area contributed by atoms with Gasteiger partial charge in [-0.3, -0.25) is 4.99 Å². The van der Waals surface area contributed by atoms with Gasteiger partial charge in [-0.15, -0.1) is 0 Å². The highest BCUT2D eigenvalue weighted by atomic mass is 16.5. The van der Waals surface area contributed by atoms with Crippen LogP contribution in [0.25, 0.3) is 0 Å². The van der Waals surface area contributed by atoms with Crippen LogP contribution in [-0.4, -0.2) is 12.8 Å². The van der Waals surface area contributed by atoms with E-state index in [0.717, 1.165) is 30.0 Å². The van der Waals surface area contributed by atoms with Gasteiger partial charge in [0.25, 0.3) is 0 Å². The van der Waals surface area contributed by atoms with E-state index in [1.165, 1.54) is 61.8 Å². The highest BCUT2D eigenvalue weighted by molar-refractivity contribution is 5.91. The second-order valence-electron chi connectivity index (χ2n) is 9.58. The lowest BCUT2D eigenvalue weighted by atomic mass is 9.50. The second kappa shape index (κ2) is 7.63. The summed E-state index contributed by atoms with van der Waals surface area (Å²) in [5.41, 5.74) is 6.29. The SMILES string of the molecule is COc1ccc2c(c1)CC[C@@H]1[C@@H]2CC[C@]2(C)C(=NCc3ccccc3)CCC[C@@H]12. The van der Waals surface area contributed by atoms with E-state index in [0.29, 0.717) is 5.41 Å². The van der Waals surface area contributed by atoms with Crippen LogP contribution in [0.5, 0.6) is 5.75 Å². The molecule has 0 amide bonds. The predicted octanol–water partition coefficient (Wildman–Crippen LogP) is 6.58. The van der Waals surface area contributed by atoms with Crippen molar-refractivity contribution in [2.24, 2.45) is 22.2 Å². The molecule has 2 aromatic rings. The summed E-state index contributed by atoms with van der Waals surface area (Å²) in [6, 6.07) is 17.6. The maximum absolute atomic E-state index is 5.48. The number of hydrogen-bond donors (Lipinski definition) is 0. The van der Waals surface area contributed by atoms with Crippen LogP contribution in [0.1, 0.15) is 68.1 Å². The molecule has 4 atom stereocenters. The number of aliphatic imine (C=N–C) groups is 1. The molecule has 0 saturated heterocycles. The van der Waals surface area contributed by atoms with Gasteiger partial charge in [-0.25, -0.2) is 0 Å². The topological polar surface area (TPSA) is 21.6 Å². The molecule has 0 unspecified atom stereocenters. The van der Waals surface area contributed by atoms with E-state index in [-0.39, 0.29) is 0 Å². The quantitative estimate of drug-likeness (QED) is 0.583. The fourth-order valence-corrected chi connectivity index (χ4v) is 6.70. The van der Waals surface area contributed by atoms with E-state index in [2.05, 4.69) is 55.5 Å². The van der Waals surface area contributed by atoms with Gasteiger partial charge >= 0.3 is 0 Å². The Morgan fingerprint density at radius 2 is 1.90 bits per heavy atom. The van der Waals surface area contributed by atoms with Gasteiger partial charge in [0, 0.05) is 11.1 Å². The fourth-order valence-electron chi connectivity index (χ4n) is 6.70. The zero-order valence-electron chi connectivity index (χ0n) is 17.9. The van der Waals surface area contributed by atoms with Crippen molar-refractivity contribution in [3.63, 3.8) is 0 Å². The maximum Gasteiger partial charge on any atom is 0.119 e. The van der Waals surface area contributed by atoms with Crippen LogP contribution in [0, 0.1) is 17.3 Å². The van der Waals surface area contributed by atoms with Gasteiger partial charge in [0.2, 0.25) is 0 Å². The largest absolute Gasteiger partial charge is 0.497 e. The van der Waals surface area contributed by atoms with Gasteiger partial charge < -0.3 is 4.74 Å². The molecular formula is C27H33NO. The second-order valence-corrected chi connectivity index (χ2v) is 9.58. The lowest BCUT2D eigenvalue weighted by Gasteiger charge is -2.54. The average molecular weight is 388 g/mol. The maximum atomic E-state index is 5.48. The molecule has 0 radical (unpaired) electrons. The smallest absolute Gasteiger partial charge is 0.119 e. The summed E-state index contributed by atoms with van der Waals surface area (Å²) in [5.74, 6) is 3.35. The number of rotatable bonds is 3. The first-order chi connectivity index (χ1) is 14.2. The molecule has 0 bridgehead atoms. The van der Waals surface area contributed by atoms with Crippen LogP contribution in [0.2, 0.25) is 0 Å². The number of hydrogen-bond acceptors (Lipinski definition) is 2. The van der Waals surface area contributed by atoms with Crippen LogP contribution in [0.4, 0.5) is 0 Å². The lowest BCUT2D eigenvalue weighted by molar-refractivity contribution is 0.0628. The molecule has 5 rings (SSSR count). The molecule has 0 heterocycles. The third-order valence-corrected chi connectivity index (χ3v) is 8.21. The first-order valence-corrected chi connectivity index (χ1v) is 11.4. The Hall–Kier alpha value is -2.09. The molecule has 3 aliphatic carbocycles. The van der Waals surface area contributed by atoms with Crippen molar-refractivity contribution in [3.05, 3.63) is 65.2 Å². The third kappa shape index (κ3) is 3.31. The molecule has 2 fully saturated rings. The van der Waals surface area contributed by atoms with Crippen molar-refractivity contribution in [1.82, 2.24) is 0 Å². The molecule has 2 nitrogen and oxygen atoms in total. The normalized spacial score (nSPS) is 32.2. The molecule has 2 saturated carbocycles. The monoisotopic (exact) mass is 387 g/mol. The third-order valence-electron chi connectivity index (χ3n) is 8.21. The number of ether oxygens (including phenoxy) is 1. The van der Waals surface area contributed by atoms with Crippen molar-refractivity contribution < 1.29 is 4.74 Å². The van der Waals surface area contributed by atoms with Crippen LogP contribution in [-0.2, 0) is 13.0 Å². The number of fused-ring (bicyclic) bond motifs is 5. The Morgan fingerprint density at radius 3 is 2.72 bits per heavy atom. The van der Waals surface area contributed by atoms with Crippen LogP contribution < -0.4 is 4.74 Å². The van der Waals surface area contributed by atoms with Crippen molar-refractivity contribution in [3.8, 4) is 5.75 Å². The zero-order chi connectivity index (χ0) is 19.8. The van der Waals surface area contributed by atoms with Crippen molar-refractivity contribution in [1.29, 1.82) is 0 Å². The van der Waals surface area contributed by atoms with Crippen LogP contribution in [0.15, 0.2) is 53.5 Å². The summed E-state index contributed by atoms with van der Waals surface area (Å²) < 4.78 is 5.48. The molecule has 2 heteroatoms. The van der Waals surface area contributed by atoms with Gasteiger partial charge in [0.1, 0.15) is 5.75 Å². The first kappa shape index (κ1) is 18.9. The van der Waals surface area contributed by atoms with E-state index in [1.54, 1.807) is 12.7 Å². The Morgan fingerprint density at radius 1 is 1.03 bits per heavy atom. The summed E-state index contributed by atoms with van der Waals surface area (Å²) >= 11 is 0. The molecule has 0 spiro atoms. The van der Waals surface area contributed by atoms with E-state index in [1.807, 2.05) is 0 Å². The predicted molar refractivity (Wildman–Crippen MR) is 120 cm³/mol. The van der Waals surface area contributed by atoms with E-state index in [4.69, 9.17) is 9.73 Å². The summed E-state index contributed by atoms with van der Waals surface area (Å²) in [5, 5.41) is 0. The number of aryl methyl sites for hydroxylation is 1. The standard InChI is InChI=1S/C27H33NO/c1-27-16-15-23-22-14-12-21(29-2)17-20(22)11-13-24(23)25(27)9-6-10-26(27)28-18-19-7-4-3-5-8-19/h3-5,7-8,12,14,17,23-25H,6,9-11,13,15-16,18H2,1-2H3/t23-,24-,25+,27+/m1/s1. The van der Waals surface area contributed by atoms with Gasteiger partial charge in [-0.05, 0) is 91.5 Å². The average Bonchev–Trinajstić information content (AvgIpc) is 2.77. The summed E-state index contributed by atoms with van der Waals surface area (Å²) in [6.45, 7) is 3.38. The first-order valence-electron chi connectivity index (χ1n) is 11.4. The summed E-state index contributed by atoms with van der Waals surface area (Å²) in [4.78, 5) is 5.21. The van der Waals surface area contributed by atoms with Crippen LogP contribution >= 0.6 is 0 Å². The lowest BCUT2D eigenvalue weighted by Crippen LogP contribution is -2.49. The summed E-state index contributed by atoms with van der Waals surface area (Å²) in [6.07, 6.45) is 9.03. The van der Waals surface area contributed by atoms with E-state index >= 15 is 0 Å². The molecule has 29 heavy (non-hydrogen) atoms. The number of methoxy groups -OCH3 is 1. The Balaban J connectivity index is 1.41. The minimum atomic E-state index is 0.304. The number of benzene rings is 2. The van der Waals surface area contributed by atoms with Gasteiger partial charge in [0.05, 0.1) is 13.7 Å². The minimum Gasteiger partial charge on any atom is -0.497 e. The molecular weight excluding hydrogens is 354 g/mol. The molecule has 3 aliphatic rings. The summed E-state index contributed by atoms with van der Waals surface area (Å²) in [7, 11) is 1.78. The van der Waals surface area contributed by atoms with E-state index in [9.17, 15) is 0 Å². The Kier molecular flexibility index (Phi) is 4.97. The van der Waals surface area contributed by atoms with Gasteiger partial charge in [-0.2, -0.15) is 0 Å². The molecule has 0 N–H and O–H groups in total. The van der Waals surface area contributed by atoms with Crippen LogP contribution in [0.3, 0.4) is 0 Å². The van der Waals surface area contributed by atoms with Gasteiger partial charge in [-0.1, -0.05) is 43.3 Å². The zero-order valence-corrected chi connectivity index (χ0v) is 17.9. The fraction of sp³-hybridized carbons (Fsp3) is 0.519. The highest BCUT2D eigenvalue weighted by Gasteiger charge is 2.51. The minimum absolute atomic E-state index is 0.304. The molecule has 0 aromatic heterocycles. The van der Waals surface area contributed by atoms with Gasteiger partial charge in [0.15, 0.2) is 0 Å². The van der Waals surface area contributed by atoms with Crippen molar-refractivity contribution in [2.45, 2.75) is 64.3 Å². The van der Waals surface area contributed by atoms with Crippen molar-refractivity contribution in [2.75, 3.05) is 7.11 Å². The Bertz CT molecular complexity index is 902. The molecule has 152 valence electrons. The highest BCUT2D eigenvalue weighted by Crippen LogP contribution is 2.58.